The van der Waals surface area contributed by atoms with E-state index in [0.29, 0.717) is 28.3 Å². The first-order valence-electron chi connectivity index (χ1n) is 12.6. The van der Waals surface area contributed by atoms with Gasteiger partial charge in [0.1, 0.15) is 0 Å². The number of fused-ring (bicyclic) bond motifs is 1. The van der Waals surface area contributed by atoms with Gasteiger partial charge in [0.05, 0.1) is 29.8 Å². The molecule has 1 heterocycles. The van der Waals surface area contributed by atoms with Crippen molar-refractivity contribution in [3.63, 3.8) is 0 Å². The molecule has 5 rings (SSSR count). The van der Waals surface area contributed by atoms with Gasteiger partial charge < -0.3 is 14.8 Å². The minimum Gasteiger partial charge on any atom is -0.493 e. The largest absolute Gasteiger partial charge is 0.493 e. The van der Waals surface area contributed by atoms with Crippen molar-refractivity contribution in [3.05, 3.63) is 119 Å². The van der Waals surface area contributed by atoms with Crippen molar-refractivity contribution in [1.29, 1.82) is 0 Å². The molecule has 0 spiro atoms. The van der Waals surface area contributed by atoms with Crippen LogP contribution in [0.1, 0.15) is 11.1 Å². The Balaban J connectivity index is 1.45. The van der Waals surface area contributed by atoms with Gasteiger partial charge in [0.2, 0.25) is 0 Å². The molecule has 5 aromatic rings. The average Bonchev–Trinajstić information content (AvgIpc) is 3.00. The van der Waals surface area contributed by atoms with Crippen LogP contribution in [-0.2, 0) is 11.0 Å². The predicted molar refractivity (Wildman–Crippen MR) is 153 cm³/mol. The molecule has 0 saturated heterocycles. The van der Waals surface area contributed by atoms with Gasteiger partial charge in [0, 0.05) is 11.3 Å². The molecule has 0 aliphatic rings. The van der Waals surface area contributed by atoms with E-state index in [-0.39, 0.29) is 29.3 Å². The number of alkyl halides is 3. The van der Waals surface area contributed by atoms with Gasteiger partial charge in [-0.1, -0.05) is 42.5 Å². The number of rotatable bonds is 8. The van der Waals surface area contributed by atoms with Crippen molar-refractivity contribution in [2.24, 2.45) is 5.10 Å². The molecule has 4 aromatic carbocycles. The summed E-state index contributed by atoms with van der Waals surface area (Å²) in [4.78, 5) is 30.1. The van der Waals surface area contributed by atoms with Gasteiger partial charge in [-0.05, 0) is 60.2 Å². The highest BCUT2D eigenvalue weighted by Crippen LogP contribution is 2.32. The number of aromatic nitrogens is 2. The second kappa shape index (κ2) is 12.0. The van der Waals surface area contributed by atoms with Crippen molar-refractivity contribution in [3.8, 4) is 22.9 Å². The van der Waals surface area contributed by atoms with Crippen LogP contribution in [0.2, 0.25) is 0 Å². The van der Waals surface area contributed by atoms with Crippen molar-refractivity contribution in [1.82, 2.24) is 9.66 Å². The van der Waals surface area contributed by atoms with Gasteiger partial charge in [0.25, 0.3) is 11.5 Å². The van der Waals surface area contributed by atoms with E-state index in [1.807, 2.05) is 6.07 Å². The molecule has 1 aromatic heterocycles. The summed E-state index contributed by atoms with van der Waals surface area (Å²) in [7, 11) is 1.43. The minimum atomic E-state index is -4.58. The lowest BCUT2D eigenvalue weighted by molar-refractivity contribution is -0.137. The highest BCUT2D eigenvalue weighted by molar-refractivity contribution is 5.92. The van der Waals surface area contributed by atoms with Gasteiger partial charge in [-0.15, -0.1) is 0 Å². The third-order valence-corrected chi connectivity index (χ3v) is 6.13. The van der Waals surface area contributed by atoms with E-state index < -0.39 is 17.3 Å². The van der Waals surface area contributed by atoms with E-state index in [9.17, 15) is 22.8 Å². The normalized spacial score (nSPS) is 11.5. The topological polar surface area (TPSA) is 94.8 Å². The monoisotopic (exact) mass is 572 g/mol. The van der Waals surface area contributed by atoms with Crippen molar-refractivity contribution < 1.29 is 27.4 Å². The van der Waals surface area contributed by atoms with Gasteiger partial charge >= 0.3 is 6.18 Å². The second-order valence-corrected chi connectivity index (χ2v) is 9.01. The highest BCUT2D eigenvalue weighted by atomic mass is 19.4. The number of carbonyl (C=O) groups is 1. The van der Waals surface area contributed by atoms with Gasteiger partial charge in [-0.3, -0.25) is 9.59 Å². The Labute approximate surface area is 237 Å². The summed E-state index contributed by atoms with van der Waals surface area (Å²) in [5, 5.41) is 7.27. The number of amides is 1. The zero-order valence-corrected chi connectivity index (χ0v) is 22.1. The molecule has 42 heavy (non-hydrogen) atoms. The number of halogens is 3. The molecule has 1 N–H and O–H groups in total. The first kappa shape index (κ1) is 28.1. The summed E-state index contributed by atoms with van der Waals surface area (Å²) >= 11 is 0. The smallest absolute Gasteiger partial charge is 0.416 e. The Bertz CT molecular complexity index is 1840. The molecule has 0 unspecified atom stereocenters. The Morgan fingerprint density at radius 2 is 1.71 bits per heavy atom. The molecule has 0 atom stereocenters. The maximum atomic E-state index is 13.4. The fraction of sp³-hybridized carbons (Fsp3) is 0.0968. The van der Waals surface area contributed by atoms with E-state index in [4.69, 9.17) is 9.47 Å². The summed E-state index contributed by atoms with van der Waals surface area (Å²) in [5.41, 5.74) is 0.0765. The maximum absolute atomic E-state index is 13.4. The molecule has 8 nitrogen and oxygen atoms in total. The van der Waals surface area contributed by atoms with Crippen molar-refractivity contribution >= 4 is 28.7 Å². The lowest BCUT2D eigenvalue weighted by atomic mass is 10.1. The zero-order chi connectivity index (χ0) is 29.7. The van der Waals surface area contributed by atoms with Crippen molar-refractivity contribution in [2.45, 2.75) is 6.18 Å². The number of anilines is 1. The number of benzene rings is 4. The van der Waals surface area contributed by atoms with Crippen LogP contribution in [0.3, 0.4) is 0 Å². The minimum absolute atomic E-state index is 0.0580. The molecule has 11 heteroatoms. The summed E-state index contributed by atoms with van der Waals surface area (Å²) in [6, 6.07) is 24.8. The number of carbonyl (C=O) groups excluding carboxylic acids is 1. The van der Waals surface area contributed by atoms with E-state index in [1.54, 1.807) is 66.7 Å². The van der Waals surface area contributed by atoms with Crippen LogP contribution in [-0.4, -0.2) is 35.5 Å². The van der Waals surface area contributed by atoms with Crippen LogP contribution < -0.4 is 20.3 Å². The number of hydrogen-bond donors (Lipinski definition) is 1. The number of nitrogens with zero attached hydrogens (tertiary/aromatic N) is 3. The zero-order valence-electron chi connectivity index (χ0n) is 22.1. The van der Waals surface area contributed by atoms with Gasteiger partial charge in [-0.25, -0.2) is 4.98 Å². The maximum Gasteiger partial charge on any atom is 0.416 e. The van der Waals surface area contributed by atoms with Crippen LogP contribution in [0.4, 0.5) is 18.9 Å². The summed E-state index contributed by atoms with van der Waals surface area (Å²) in [6.07, 6.45) is -3.23. The number of ether oxygens (including phenoxy) is 2. The molecular weight excluding hydrogens is 549 g/mol. The molecule has 0 aliphatic carbocycles. The molecule has 0 radical (unpaired) electrons. The third kappa shape index (κ3) is 6.30. The van der Waals surface area contributed by atoms with E-state index in [0.717, 1.165) is 16.8 Å². The van der Waals surface area contributed by atoms with E-state index in [2.05, 4.69) is 15.4 Å². The highest BCUT2D eigenvalue weighted by Gasteiger charge is 2.31. The van der Waals surface area contributed by atoms with Gasteiger partial charge in [0.15, 0.2) is 23.9 Å². The Kier molecular flexibility index (Phi) is 8.00. The first-order chi connectivity index (χ1) is 20.2. The molecule has 1 amide bonds. The Hall–Kier alpha value is -5.45. The molecular formula is C31H23F3N4O4. The molecule has 0 saturated carbocycles. The second-order valence-electron chi connectivity index (χ2n) is 9.01. The summed E-state index contributed by atoms with van der Waals surface area (Å²) in [5.74, 6) is 0.178. The molecule has 212 valence electrons. The van der Waals surface area contributed by atoms with Crippen LogP contribution in [0.25, 0.3) is 22.3 Å². The average molecular weight is 573 g/mol. The van der Waals surface area contributed by atoms with Crippen LogP contribution in [0, 0.1) is 0 Å². The number of hydrogen-bond acceptors (Lipinski definition) is 6. The quantitative estimate of drug-likeness (QED) is 0.231. The Morgan fingerprint density at radius 1 is 0.952 bits per heavy atom. The third-order valence-electron chi connectivity index (χ3n) is 6.13. The van der Waals surface area contributed by atoms with Crippen LogP contribution in [0.5, 0.6) is 11.5 Å². The first-order valence-corrected chi connectivity index (χ1v) is 12.6. The Morgan fingerprint density at radius 3 is 2.48 bits per heavy atom. The molecule has 0 aliphatic heterocycles. The summed E-state index contributed by atoms with van der Waals surface area (Å²) < 4.78 is 52.3. The fourth-order valence-corrected chi connectivity index (χ4v) is 4.12. The van der Waals surface area contributed by atoms with Crippen molar-refractivity contribution in [2.75, 3.05) is 19.0 Å². The number of para-hydroxylation sites is 2. The number of nitrogens with one attached hydrogen (secondary N) is 1. The van der Waals surface area contributed by atoms with E-state index >= 15 is 0 Å². The van der Waals surface area contributed by atoms with E-state index in [1.165, 1.54) is 25.5 Å². The lowest BCUT2D eigenvalue weighted by Crippen LogP contribution is -2.20. The fourth-order valence-electron chi connectivity index (χ4n) is 4.12. The molecule has 0 bridgehead atoms. The van der Waals surface area contributed by atoms with Gasteiger partial charge in [-0.2, -0.15) is 22.9 Å². The SMILES string of the molecule is COc1cc(C=Nn2c(-c3cccc(C(F)(F)F)c3)nc3ccccc3c2=O)ccc1OCC(=O)Nc1ccccc1. The lowest BCUT2D eigenvalue weighted by Gasteiger charge is -2.12. The van der Waals surface area contributed by atoms with Crippen LogP contribution >= 0.6 is 0 Å². The molecule has 0 fully saturated rings. The van der Waals surface area contributed by atoms with Crippen LogP contribution in [0.15, 0.2) is 107 Å². The predicted octanol–water partition coefficient (Wildman–Crippen LogP) is 5.99. The summed E-state index contributed by atoms with van der Waals surface area (Å²) in [6.45, 7) is -0.267. The standard InChI is InChI=1S/C31H23F3N4O4/c1-41-27-16-20(14-15-26(27)42-19-28(39)36-23-10-3-2-4-11-23)18-35-38-29(21-8-7-9-22(17-21)31(32,33)34)37-25-13-6-5-12-24(25)30(38)40/h2-18H,19H2,1H3,(H,36,39). The number of methoxy groups -OCH3 is 1.